The van der Waals surface area contributed by atoms with Gasteiger partial charge in [0.15, 0.2) is 0 Å². The van der Waals surface area contributed by atoms with Gasteiger partial charge in [0.25, 0.3) is 0 Å². The van der Waals surface area contributed by atoms with Crippen LogP contribution in [0.15, 0.2) is 24.3 Å². The van der Waals surface area contributed by atoms with Crippen LogP contribution >= 0.6 is 11.6 Å². The predicted octanol–water partition coefficient (Wildman–Crippen LogP) is 2.64. The fourth-order valence-electron chi connectivity index (χ4n) is 1.90. The molecule has 2 atom stereocenters. The lowest BCUT2D eigenvalue weighted by Crippen LogP contribution is -2.00. The van der Waals surface area contributed by atoms with E-state index in [0.29, 0.717) is 12.0 Å². The molecule has 3 N–H and O–H groups in total. The Morgan fingerprint density at radius 1 is 1.36 bits per heavy atom. The molecule has 0 saturated heterocycles. The van der Waals surface area contributed by atoms with Gasteiger partial charge >= 0.3 is 0 Å². The van der Waals surface area contributed by atoms with Gasteiger partial charge in [0.05, 0.1) is 0 Å². The zero-order valence-corrected chi connectivity index (χ0v) is 8.38. The highest BCUT2D eigenvalue weighted by Crippen LogP contribution is 2.39. The largest absolute Gasteiger partial charge is 0.358 e. The van der Waals surface area contributed by atoms with Crippen molar-refractivity contribution in [3.05, 3.63) is 35.0 Å². The van der Waals surface area contributed by atoms with Gasteiger partial charge in [-0.3, -0.25) is 0 Å². The standard InChI is InChI=1S/C11H11ClN2/c12-7-1-2-10-6(3-7)4-11(14-10)8-5-9(8)13/h1-4,8-9,14H,5,13H2. The second kappa shape index (κ2) is 2.75. The Labute approximate surface area is 87.1 Å². The van der Waals surface area contributed by atoms with Crippen molar-refractivity contribution in [1.29, 1.82) is 0 Å². The molecule has 0 radical (unpaired) electrons. The Kier molecular flexibility index (Phi) is 1.64. The first-order valence-electron chi connectivity index (χ1n) is 4.78. The summed E-state index contributed by atoms with van der Waals surface area (Å²) in [6.07, 6.45) is 1.10. The summed E-state index contributed by atoms with van der Waals surface area (Å²) in [4.78, 5) is 3.38. The van der Waals surface area contributed by atoms with Crippen molar-refractivity contribution >= 4 is 22.5 Å². The Morgan fingerprint density at radius 3 is 2.86 bits per heavy atom. The quantitative estimate of drug-likeness (QED) is 0.740. The van der Waals surface area contributed by atoms with Gasteiger partial charge in [0.2, 0.25) is 0 Å². The smallest absolute Gasteiger partial charge is 0.0457 e. The Balaban J connectivity index is 2.11. The van der Waals surface area contributed by atoms with Gasteiger partial charge in [-0.2, -0.15) is 0 Å². The highest BCUT2D eigenvalue weighted by molar-refractivity contribution is 6.31. The van der Waals surface area contributed by atoms with E-state index in [9.17, 15) is 0 Å². The number of benzene rings is 1. The number of hydrogen-bond donors (Lipinski definition) is 2. The molecular formula is C11H11ClN2. The number of aromatic nitrogens is 1. The maximum absolute atomic E-state index is 5.91. The maximum Gasteiger partial charge on any atom is 0.0457 e. The van der Waals surface area contributed by atoms with Crippen molar-refractivity contribution in [3.63, 3.8) is 0 Å². The third-order valence-electron chi connectivity index (χ3n) is 2.84. The lowest BCUT2D eigenvalue weighted by molar-refractivity contribution is 0.963. The van der Waals surface area contributed by atoms with Crippen molar-refractivity contribution < 1.29 is 0 Å². The van der Waals surface area contributed by atoms with Crippen LogP contribution in [0.1, 0.15) is 18.0 Å². The number of nitrogens with one attached hydrogen (secondary N) is 1. The second-order valence-electron chi connectivity index (χ2n) is 3.96. The summed E-state index contributed by atoms with van der Waals surface area (Å²) in [5.41, 5.74) is 8.19. The van der Waals surface area contributed by atoms with E-state index in [1.54, 1.807) is 0 Å². The van der Waals surface area contributed by atoms with Gasteiger partial charge in [0.1, 0.15) is 0 Å². The van der Waals surface area contributed by atoms with Gasteiger partial charge in [-0.05, 0) is 30.7 Å². The maximum atomic E-state index is 5.91. The highest BCUT2D eigenvalue weighted by Gasteiger charge is 2.35. The molecule has 72 valence electrons. The first-order chi connectivity index (χ1) is 6.74. The van der Waals surface area contributed by atoms with Crippen LogP contribution in [-0.4, -0.2) is 11.0 Å². The lowest BCUT2D eigenvalue weighted by atomic mass is 10.2. The molecule has 0 amide bonds. The van der Waals surface area contributed by atoms with Crippen LogP contribution in [-0.2, 0) is 0 Å². The summed E-state index contributed by atoms with van der Waals surface area (Å²) in [6.45, 7) is 0. The van der Waals surface area contributed by atoms with E-state index in [1.807, 2.05) is 18.2 Å². The van der Waals surface area contributed by atoms with E-state index >= 15 is 0 Å². The van der Waals surface area contributed by atoms with Crippen LogP contribution < -0.4 is 5.73 Å². The molecule has 14 heavy (non-hydrogen) atoms. The number of H-pyrrole nitrogens is 1. The van der Waals surface area contributed by atoms with Crippen LogP contribution in [0.3, 0.4) is 0 Å². The summed E-state index contributed by atoms with van der Waals surface area (Å²) >= 11 is 5.91. The fraction of sp³-hybridized carbons (Fsp3) is 0.273. The molecule has 1 saturated carbocycles. The molecule has 1 aliphatic rings. The zero-order valence-electron chi connectivity index (χ0n) is 7.63. The molecule has 0 aliphatic heterocycles. The molecule has 1 heterocycles. The number of rotatable bonds is 1. The number of fused-ring (bicyclic) bond motifs is 1. The number of hydrogen-bond acceptors (Lipinski definition) is 1. The molecule has 1 aromatic carbocycles. The molecule has 1 aromatic heterocycles. The van der Waals surface area contributed by atoms with Gasteiger partial charge in [-0.25, -0.2) is 0 Å². The Morgan fingerprint density at radius 2 is 2.14 bits per heavy atom. The van der Waals surface area contributed by atoms with E-state index in [-0.39, 0.29) is 0 Å². The molecule has 2 aromatic rings. The van der Waals surface area contributed by atoms with Gasteiger partial charge in [-0.15, -0.1) is 0 Å². The number of nitrogens with two attached hydrogens (primary N) is 1. The van der Waals surface area contributed by atoms with Gasteiger partial charge in [-0.1, -0.05) is 11.6 Å². The van der Waals surface area contributed by atoms with Crippen LogP contribution in [0.25, 0.3) is 10.9 Å². The average Bonchev–Trinajstić information content (AvgIpc) is 2.75. The number of halogens is 1. The molecule has 1 fully saturated rings. The van der Waals surface area contributed by atoms with Crippen molar-refractivity contribution in [2.24, 2.45) is 5.73 Å². The molecule has 1 aliphatic carbocycles. The summed E-state index contributed by atoms with van der Waals surface area (Å²) in [6, 6.07) is 8.38. The van der Waals surface area contributed by atoms with E-state index in [4.69, 9.17) is 17.3 Å². The Hall–Kier alpha value is -0.990. The molecule has 0 spiro atoms. The van der Waals surface area contributed by atoms with E-state index < -0.39 is 0 Å². The van der Waals surface area contributed by atoms with Gasteiger partial charge in [0, 0.05) is 33.6 Å². The van der Waals surface area contributed by atoms with Crippen LogP contribution in [0.4, 0.5) is 0 Å². The predicted molar refractivity (Wildman–Crippen MR) is 58.6 cm³/mol. The minimum atomic E-state index is 0.346. The molecular weight excluding hydrogens is 196 g/mol. The SMILES string of the molecule is NC1CC1c1cc2cc(Cl)ccc2[nH]1. The third kappa shape index (κ3) is 1.22. The van der Waals surface area contributed by atoms with Crippen LogP contribution in [0.2, 0.25) is 5.02 Å². The minimum absolute atomic E-state index is 0.346. The first kappa shape index (κ1) is 8.33. The number of aromatic amines is 1. The van der Waals surface area contributed by atoms with E-state index in [0.717, 1.165) is 17.0 Å². The van der Waals surface area contributed by atoms with Crippen molar-refractivity contribution in [2.75, 3.05) is 0 Å². The average molecular weight is 207 g/mol. The fourth-order valence-corrected chi connectivity index (χ4v) is 2.08. The third-order valence-corrected chi connectivity index (χ3v) is 3.08. The summed E-state index contributed by atoms with van der Waals surface area (Å²) in [5, 5.41) is 1.95. The van der Waals surface area contributed by atoms with Crippen LogP contribution in [0, 0.1) is 0 Å². The van der Waals surface area contributed by atoms with Crippen molar-refractivity contribution in [3.8, 4) is 0 Å². The highest BCUT2D eigenvalue weighted by atomic mass is 35.5. The molecule has 2 nitrogen and oxygen atoms in total. The normalized spacial score (nSPS) is 25.6. The Bertz CT molecular complexity index is 489. The first-order valence-corrected chi connectivity index (χ1v) is 5.15. The molecule has 3 rings (SSSR count). The molecule has 0 bridgehead atoms. The van der Waals surface area contributed by atoms with Crippen LogP contribution in [0.5, 0.6) is 0 Å². The van der Waals surface area contributed by atoms with Gasteiger partial charge < -0.3 is 10.7 Å². The van der Waals surface area contributed by atoms with Crippen molar-refractivity contribution in [2.45, 2.75) is 18.4 Å². The van der Waals surface area contributed by atoms with E-state index in [2.05, 4.69) is 11.1 Å². The lowest BCUT2D eigenvalue weighted by Gasteiger charge is -1.90. The topological polar surface area (TPSA) is 41.8 Å². The monoisotopic (exact) mass is 206 g/mol. The molecule has 3 heteroatoms. The summed E-state index contributed by atoms with van der Waals surface area (Å²) in [7, 11) is 0. The minimum Gasteiger partial charge on any atom is -0.358 e. The summed E-state index contributed by atoms with van der Waals surface area (Å²) in [5.74, 6) is 0.529. The van der Waals surface area contributed by atoms with Crippen molar-refractivity contribution in [1.82, 2.24) is 4.98 Å². The summed E-state index contributed by atoms with van der Waals surface area (Å²) < 4.78 is 0. The molecule has 2 unspecified atom stereocenters. The zero-order chi connectivity index (χ0) is 9.71. The van der Waals surface area contributed by atoms with E-state index in [1.165, 1.54) is 11.1 Å². The second-order valence-corrected chi connectivity index (χ2v) is 4.40.